The average Bonchev–Trinajstić information content (AvgIpc) is 2.44. The van der Waals surface area contributed by atoms with Gasteiger partial charge in [0, 0.05) is 43.2 Å². The van der Waals surface area contributed by atoms with Crippen LogP contribution in [0.2, 0.25) is 0 Å². The molecule has 7 nitrogen and oxygen atoms in total. The highest BCUT2D eigenvalue weighted by Crippen LogP contribution is 2.30. The molecule has 7 heteroatoms. The van der Waals surface area contributed by atoms with Gasteiger partial charge in [0.2, 0.25) is 0 Å². The van der Waals surface area contributed by atoms with E-state index in [-0.39, 0.29) is 12.3 Å². The number of nitrogens with one attached hydrogen (secondary N) is 1. The van der Waals surface area contributed by atoms with Crippen LogP contribution in [0, 0.1) is 10.1 Å². The number of fused-ring (bicyclic) bond motifs is 1. The van der Waals surface area contributed by atoms with Crippen molar-refractivity contribution in [3.8, 4) is 0 Å². The number of methoxy groups -OCH3 is 1. The Labute approximate surface area is 115 Å². The van der Waals surface area contributed by atoms with Crippen molar-refractivity contribution in [2.24, 2.45) is 0 Å². The van der Waals surface area contributed by atoms with Gasteiger partial charge in [-0.15, -0.1) is 0 Å². The number of ether oxygens (including phenoxy) is 1. The van der Waals surface area contributed by atoms with Crippen molar-refractivity contribution in [3.05, 3.63) is 40.7 Å². The lowest BCUT2D eigenvalue weighted by Gasteiger charge is -2.13. The number of pyridine rings is 1. The number of hydrogen-bond donors (Lipinski definition) is 2. The van der Waals surface area contributed by atoms with Gasteiger partial charge in [-0.25, -0.2) is 0 Å². The molecule has 0 aliphatic heterocycles. The second kappa shape index (κ2) is 6.27. The molecule has 1 unspecified atom stereocenters. The third-order valence-electron chi connectivity index (χ3n) is 2.88. The normalized spacial score (nSPS) is 12.3. The lowest BCUT2D eigenvalue weighted by Crippen LogP contribution is -2.24. The summed E-state index contributed by atoms with van der Waals surface area (Å²) < 4.78 is 4.84. The molecule has 1 aromatic carbocycles. The number of aromatic nitrogens is 1. The zero-order valence-corrected chi connectivity index (χ0v) is 10.9. The van der Waals surface area contributed by atoms with Crippen molar-refractivity contribution >= 4 is 22.1 Å². The minimum atomic E-state index is -0.646. The number of benzene rings is 1. The molecule has 1 atom stereocenters. The molecule has 106 valence electrons. The Balaban J connectivity index is 2.31. The smallest absolute Gasteiger partial charge is 0.278 e. The molecule has 0 amide bonds. The number of nitro groups is 1. The Hall–Kier alpha value is -2.25. The van der Waals surface area contributed by atoms with Gasteiger partial charge >= 0.3 is 0 Å². The Kier molecular flexibility index (Phi) is 4.44. The van der Waals surface area contributed by atoms with Crippen molar-refractivity contribution in [2.75, 3.05) is 25.6 Å². The standard InChI is InChI=1S/C13H15N3O4/c1-20-8-9(17)6-15-12-2-3-13(16(18)19)11-7-14-5-4-10(11)12/h2-5,7,9,15,17H,6,8H2,1H3. The fourth-order valence-electron chi connectivity index (χ4n) is 1.97. The number of nitrogens with zero attached hydrogens (tertiary/aromatic N) is 2. The first kappa shape index (κ1) is 14.2. The largest absolute Gasteiger partial charge is 0.389 e. The minimum absolute atomic E-state index is 0.0103. The number of rotatable bonds is 6. The Morgan fingerprint density at radius 1 is 1.45 bits per heavy atom. The second-order valence-corrected chi connectivity index (χ2v) is 4.30. The van der Waals surface area contributed by atoms with Gasteiger partial charge in [0.25, 0.3) is 5.69 Å². The topological polar surface area (TPSA) is 97.5 Å². The molecular weight excluding hydrogens is 262 g/mol. The van der Waals surface area contributed by atoms with Crippen LogP contribution in [0.4, 0.5) is 11.4 Å². The van der Waals surface area contributed by atoms with E-state index in [1.807, 2.05) is 0 Å². The van der Waals surface area contributed by atoms with E-state index in [0.29, 0.717) is 23.0 Å². The van der Waals surface area contributed by atoms with E-state index in [1.54, 1.807) is 18.3 Å². The van der Waals surface area contributed by atoms with Crippen LogP contribution >= 0.6 is 0 Å². The summed E-state index contributed by atoms with van der Waals surface area (Å²) in [7, 11) is 1.51. The maximum atomic E-state index is 11.0. The molecule has 1 heterocycles. The van der Waals surface area contributed by atoms with Crippen LogP contribution in [-0.4, -0.2) is 41.4 Å². The molecule has 2 N–H and O–H groups in total. The molecule has 0 aliphatic carbocycles. The highest BCUT2D eigenvalue weighted by Gasteiger charge is 2.14. The molecule has 2 aromatic rings. The van der Waals surface area contributed by atoms with E-state index in [9.17, 15) is 15.2 Å². The third-order valence-corrected chi connectivity index (χ3v) is 2.88. The van der Waals surface area contributed by atoms with Crippen molar-refractivity contribution in [1.82, 2.24) is 4.98 Å². The Morgan fingerprint density at radius 3 is 2.95 bits per heavy atom. The average molecular weight is 277 g/mol. The monoisotopic (exact) mass is 277 g/mol. The zero-order valence-electron chi connectivity index (χ0n) is 10.9. The molecule has 0 saturated heterocycles. The van der Waals surface area contributed by atoms with Gasteiger partial charge in [0.15, 0.2) is 0 Å². The van der Waals surface area contributed by atoms with Crippen LogP contribution in [0.25, 0.3) is 10.8 Å². The van der Waals surface area contributed by atoms with Crippen LogP contribution < -0.4 is 5.32 Å². The zero-order chi connectivity index (χ0) is 14.5. The number of aliphatic hydroxyl groups is 1. The number of anilines is 1. The molecule has 0 aliphatic rings. The molecule has 0 fully saturated rings. The summed E-state index contributed by atoms with van der Waals surface area (Å²) in [6.45, 7) is 0.516. The van der Waals surface area contributed by atoms with E-state index < -0.39 is 11.0 Å². The lowest BCUT2D eigenvalue weighted by molar-refractivity contribution is -0.383. The summed E-state index contributed by atoms with van der Waals surface area (Å²) in [5, 5.41) is 24.8. The van der Waals surface area contributed by atoms with E-state index in [4.69, 9.17) is 4.74 Å². The first-order chi connectivity index (χ1) is 9.63. The first-order valence-corrected chi connectivity index (χ1v) is 6.05. The van der Waals surface area contributed by atoms with Gasteiger partial charge in [0.05, 0.1) is 23.0 Å². The van der Waals surface area contributed by atoms with Crippen LogP contribution in [0.1, 0.15) is 0 Å². The predicted octanol–water partition coefficient (Wildman–Crippen LogP) is 1.56. The summed E-state index contributed by atoms with van der Waals surface area (Å²) >= 11 is 0. The lowest BCUT2D eigenvalue weighted by atomic mass is 10.1. The van der Waals surface area contributed by atoms with Gasteiger partial charge in [0.1, 0.15) is 0 Å². The van der Waals surface area contributed by atoms with Gasteiger partial charge in [-0.05, 0) is 12.1 Å². The number of nitro benzene ring substituents is 1. The van der Waals surface area contributed by atoms with Crippen molar-refractivity contribution in [2.45, 2.75) is 6.10 Å². The van der Waals surface area contributed by atoms with Crippen molar-refractivity contribution in [1.29, 1.82) is 0 Å². The first-order valence-electron chi connectivity index (χ1n) is 6.05. The molecule has 0 radical (unpaired) electrons. The van der Waals surface area contributed by atoms with Crippen molar-refractivity contribution in [3.63, 3.8) is 0 Å². The molecule has 0 spiro atoms. The fraction of sp³-hybridized carbons (Fsp3) is 0.308. The maximum Gasteiger partial charge on any atom is 0.278 e. The summed E-state index contributed by atoms with van der Waals surface area (Å²) in [6.07, 6.45) is 2.39. The summed E-state index contributed by atoms with van der Waals surface area (Å²) in [5.41, 5.74) is 0.722. The van der Waals surface area contributed by atoms with E-state index >= 15 is 0 Å². The fourth-order valence-corrected chi connectivity index (χ4v) is 1.97. The van der Waals surface area contributed by atoms with E-state index in [0.717, 1.165) is 0 Å². The van der Waals surface area contributed by atoms with Gasteiger partial charge in [-0.1, -0.05) is 0 Å². The Bertz CT molecular complexity index is 618. The third kappa shape index (κ3) is 3.01. The van der Waals surface area contributed by atoms with Crippen LogP contribution in [-0.2, 0) is 4.74 Å². The molecule has 0 saturated carbocycles. The number of aliphatic hydroxyl groups excluding tert-OH is 1. The number of non-ortho nitro benzene ring substituents is 1. The van der Waals surface area contributed by atoms with Gasteiger partial charge < -0.3 is 15.2 Å². The summed E-state index contributed by atoms with van der Waals surface area (Å²) in [5.74, 6) is 0. The maximum absolute atomic E-state index is 11.0. The Morgan fingerprint density at radius 2 is 2.25 bits per heavy atom. The molecular formula is C13H15N3O4. The van der Waals surface area contributed by atoms with E-state index in [1.165, 1.54) is 19.4 Å². The molecule has 0 bridgehead atoms. The van der Waals surface area contributed by atoms with Gasteiger partial charge in [-0.3, -0.25) is 15.1 Å². The van der Waals surface area contributed by atoms with Gasteiger partial charge in [-0.2, -0.15) is 0 Å². The molecule has 2 rings (SSSR count). The van der Waals surface area contributed by atoms with E-state index in [2.05, 4.69) is 10.3 Å². The number of hydrogen-bond acceptors (Lipinski definition) is 6. The predicted molar refractivity (Wildman–Crippen MR) is 74.8 cm³/mol. The highest BCUT2D eigenvalue weighted by molar-refractivity contribution is 5.99. The SMILES string of the molecule is COCC(O)CNc1ccc([N+](=O)[O-])c2cnccc12. The summed E-state index contributed by atoms with van der Waals surface area (Å²) in [4.78, 5) is 14.5. The summed E-state index contributed by atoms with van der Waals surface area (Å²) in [6, 6.07) is 4.75. The van der Waals surface area contributed by atoms with Crippen LogP contribution in [0.3, 0.4) is 0 Å². The van der Waals surface area contributed by atoms with Crippen LogP contribution in [0.15, 0.2) is 30.6 Å². The quantitative estimate of drug-likeness (QED) is 0.614. The minimum Gasteiger partial charge on any atom is -0.389 e. The molecule has 20 heavy (non-hydrogen) atoms. The second-order valence-electron chi connectivity index (χ2n) is 4.30. The molecule has 1 aromatic heterocycles. The highest BCUT2D eigenvalue weighted by atomic mass is 16.6. The van der Waals surface area contributed by atoms with Crippen LogP contribution in [0.5, 0.6) is 0 Å². The van der Waals surface area contributed by atoms with Crippen molar-refractivity contribution < 1.29 is 14.8 Å².